The molecule has 0 radical (unpaired) electrons. The molecular formula is C11H17N3O4. The number of esters is 1. The van der Waals surface area contributed by atoms with E-state index in [9.17, 15) is 9.59 Å². The van der Waals surface area contributed by atoms with E-state index in [0.29, 0.717) is 24.7 Å². The van der Waals surface area contributed by atoms with E-state index in [1.807, 2.05) is 0 Å². The Kier molecular flexibility index (Phi) is 5.29. The quantitative estimate of drug-likeness (QED) is 0.681. The van der Waals surface area contributed by atoms with Gasteiger partial charge in [-0.1, -0.05) is 5.16 Å². The predicted octanol–water partition coefficient (Wildman–Crippen LogP) is 0.332. The molecule has 7 heteroatoms. The van der Waals surface area contributed by atoms with Gasteiger partial charge in [0, 0.05) is 19.4 Å². The molecule has 0 unspecified atom stereocenters. The van der Waals surface area contributed by atoms with Crippen LogP contribution in [0.25, 0.3) is 0 Å². The molecule has 7 nitrogen and oxygen atoms in total. The molecule has 0 bridgehead atoms. The minimum atomic E-state index is -0.432. The molecule has 0 aromatic carbocycles. The number of aryl methyl sites for hydroxylation is 2. The first kappa shape index (κ1) is 14.1. The second-order valence-corrected chi connectivity index (χ2v) is 3.72. The summed E-state index contributed by atoms with van der Waals surface area (Å²) in [4.78, 5) is 28.4. The van der Waals surface area contributed by atoms with Gasteiger partial charge in [-0.3, -0.25) is 9.59 Å². The second kappa shape index (κ2) is 6.73. The molecule has 0 saturated heterocycles. The predicted molar refractivity (Wildman–Crippen MR) is 61.6 cm³/mol. The van der Waals surface area contributed by atoms with Crippen molar-refractivity contribution in [1.82, 2.24) is 15.0 Å². The van der Waals surface area contributed by atoms with Crippen LogP contribution in [0, 0.1) is 6.92 Å². The van der Waals surface area contributed by atoms with Gasteiger partial charge in [0.05, 0.1) is 7.11 Å². The summed E-state index contributed by atoms with van der Waals surface area (Å²) in [6, 6.07) is 0. The molecule has 0 aliphatic rings. The van der Waals surface area contributed by atoms with Gasteiger partial charge in [-0.05, 0) is 13.8 Å². The molecule has 0 aliphatic carbocycles. The summed E-state index contributed by atoms with van der Waals surface area (Å²) in [5, 5.41) is 3.64. The van der Waals surface area contributed by atoms with Gasteiger partial charge in [-0.25, -0.2) is 0 Å². The Labute approximate surface area is 105 Å². The fraction of sp³-hybridized carbons (Fsp3) is 0.636. The van der Waals surface area contributed by atoms with Crippen molar-refractivity contribution < 1.29 is 18.8 Å². The summed E-state index contributed by atoms with van der Waals surface area (Å²) in [6.45, 7) is 3.94. The number of carbonyl (C=O) groups excluding carboxylic acids is 2. The fourth-order valence-corrected chi connectivity index (χ4v) is 1.41. The molecule has 0 saturated carbocycles. The van der Waals surface area contributed by atoms with Crippen molar-refractivity contribution in [1.29, 1.82) is 0 Å². The fourth-order valence-electron chi connectivity index (χ4n) is 1.41. The molecule has 0 atom stereocenters. The van der Waals surface area contributed by atoms with Crippen molar-refractivity contribution in [2.45, 2.75) is 26.7 Å². The smallest absolute Gasteiger partial charge is 0.325 e. The lowest BCUT2D eigenvalue weighted by Crippen LogP contribution is -2.36. The molecule has 0 aliphatic heterocycles. The Hall–Kier alpha value is -1.92. The maximum Gasteiger partial charge on any atom is 0.325 e. The Morgan fingerprint density at radius 3 is 2.67 bits per heavy atom. The van der Waals surface area contributed by atoms with E-state index in [0.717, 1.165) is 0 Å². The van der Waals surface area contributed by atoms with Crippen LogP contribution in [-0.2, 0) is 20.7 Å². The first-order valence-electron chi connectivity index (χ1n) is 5.70. The van der Waals surface area contributed by atoms with Gasteiger partial charge in [0.25, 0.3) is 0 Å². The van der Waals surface area contributed by atoms with Gasteiger partial charge in [0.2, 0.25) is 11.8 Å². The highest BCUT2D eigenvalue weighted by Gasteiger charge is 2.16. The number of hydrogen-bond acceptors (Lipinski definition) is 6. The largest absolute Gasteiger partial charge is 0.468 e. The van der Waals surface area contributed by atoms with Gasteiger partial charge in [-0.2, -0.15) is 4.98 Å². The van der Waals surface area contributed by atoms with Crippen LogP contribution >= 0.6 is 0 Å². The Balaban J connectivity index is 2.44. The average molecular weight is 255 g/mol. The van der Waals surface area contributed by atoms with Crippen LogP contribution in [0.5, 0.6) is 0 Å². The standard InChI is InChI=1S/C11H17N3O4/c1-4-14(7-11(16)17-3)10(15)6-5-9-12-8(2)13-18-9/h4-7H2,1-3H3. The maximum absolute atomic E-state index is 11.8. The van der Waals surface area contributed by atoms with Gasteiger partial charge >= 0.3 is 5.97 Å². The van der Waals surface area contributed by atoms with Crippen molar-refractivity contribution in [2.24, 2.45) is 0 Å². The molecule has 1 rings (SSSR count). The minimum Gasteiger partial charge on any atom is -0.468 e. The van der Waals surface area contributed by atoms with E-state index >= 15 is 0 Å². The summed E-state index contributed by atoms with van der Waals surface area (Å²) < 4.78 is 9.43. The number of carbonyl (C=O) groups is 2. The van der Waals surface area contributed by atoms with E-state index in [4.69, 9.17) is 4.52 Å². The van der Waals surface area contributed by atoms with E-state index in [2.05, 4.69) is 14.9 Å². The van der Waals surface area contributed by atoms with Crippen LogP contribution in [0.3, 0.4) is 0 Å². The lowest BCUT2D eigenvalue weighted by molar-refractivity contribution is -0.146. The highest BCUT2D eigenvalue weighted by Crippen LogP contribution is 2.03. The minimum absolute atomic E-state index is 0.0330. The van der Waals surface area contributed by atoms with Crippen LogP contribution in [0.1, 0.15) is 25.1 Å². The molecule has 1 aromatic rings. The zero-order chi connectivity index (χ0) is 13.5. The first-order chi connectivity index (χ1) is 8.56. The summed E-state index contributed by atoms with van der Waals surface area (Å²) >= 11 is 0. The molecule has 18 heavy (non-hydrogen) atoms. The molecule has 0 fully saturated rings. The Bertz CT molecular complexity index is 416. The highest BCUT2D eigenvalue weighted by molar-refractivity contribution is 5.82. The summed E-state index contributed by atoms with van der Waals surface area (Å²) in [5.41, 5.74) is 0. The SMILES string of the molecule is CCN(CC(=O)OC)C(=O)CCc1nc(C)no1. The molecule has 0 N–H and O–H groups in total. The Morgan fingerprint density at radius 2 is 2.17 bits per heavy atom. The van der Waals surface area contributed by atoms with Gasteiger partial charge in [-0.15, -0.1) is 0 Å². The zero-order valence-electron chi connectivity index (χ0n) is 10.8. The second-order valence-electron chi connectivity index (χ2n) is 3.72. The van der Waals surface area contributed by atoms with E-state index < -0.39 is 5.97 Å². The van der Waals surface area contributed by atoms with Crippen LogP contribution < -0.4 is 0 Å². The number of aromatic nitrogens is 2. The number of rotatable bonds is 6. The topological polar surface area (TPSA) is 85.5 Å². The lowest BCUT2D eigenvalue weighted by atomic mass is 10.2. The molecule has 1 heterocycles. The van der Waals surface area contributed by atoms with Crippen molar-refractivity contribution in [3.63, 3.8) is 0 Å². The average Bonchev–Trinajstić information content (AvgIpc) is 2.78. The Morgan fingerprint density at radius 1 is 1.44 bits per heavy atom. The van der Waals surface area contributed by atoms with Gasteiger partial charge in [0.15, 0.2) is 5.82 Å². The third kappa shape index (κ3) is 4.15. The molecular weight excluding hydrogens is 238 g/mol. The van der Waals surface area contributed by atoms with Crippen molar-refractivity contribution in [3.8, 4) is 0 Å². The van der Waals surface area contributed by atoms with Gasteiger partial charge < -0.3 is 14.2 Å². The normalized spacial score (nSPS) is 10.2. The first-order valence-corrected chi connectivity index (χ1v) is 5.70. The number of nitrogens with zero attached hydrogens (tertiary/aromatic N) is 3. The van der Waals surface area contributed by atoms with Crippen LogP contribution in [0.4, 0.5) is 0 Å². The maximum atomic E-state index is 11.8. The number of ether oxygens (including phenoxy) is 1. The van der Waals surface area contributed by atoms with Crippen molar-refractivity contribution in [3.05, 3.63) is 11.7 Å². The molecule has 100 valence electrons. The van der Waals surface area contributed by atoms with E-state index in [1.165, 1.54) is 12.0 Å². The number of amides is 1. The third-order valence-electron chi connectivity index (χ3n) is 2.40. The van der Waals surface area contributed by atoms with E-state index in [1.54, 1.807) is 13.8 Å². The van der Waals surface area contributed by atoms with Crippen molar-refractivity contribution >= 4 is 11.9 Å². The lowest BCUT2D eigenvalue weighted by Gasteiger charge is -2.18. The summed E-state index contributed by atoms with van der Waals surface area (Å²) in [7, 11) is 1.29. The molecule has 0 spiro atoms. The zero-order valence-corrected chi connectivity index (χ0v) is 10.8. The monoisotopic (exact) mass is 255 g/mol. The number of methoxy groups -OCH3 is 1. The van der Waals surface area contributed by atoms with Gasteiger partial charge in [0.1, 0.15) is 6.54 Å². The van der Waals surface area contributed by atoms with Crippen LogP contribution in [0.2, 0.25) is 0 Å². The van der Waals surface area contributed by atoms with Crippen LogP contribution in [-0.4, -0.2) is 47.1 Å². The number of hydrogen-bond donors (Lipinski definition) is 0. The summed E-state index contributed by atoms with van der Waals surface area (Å²) in [5.74, 6) is 0.395. The number of likely N-dealkylation sites (N-methyl/N-ethyl adjacent to an activating group) is 1. The highest BCUT2D eigenvalue weighted by atomic mass is 16.5. The third-order valence-corrected chi connectivity index (χ3v) is 2.40. The van der Waals surface area contributed by atoms with Crippen LogP contribution in [0.15, 0.2) is 4.52 Å². The van der Waals surface area contributed by atoms with E-state index in [-0.39, 0.29) is 18.9 Å². The molecule has 1 amide bonds. The van der Waals surface area contributed by atoms with Crippen molar-refractivity contribution in [2.75, 3.05) is 20.2 Å². The summed E-state index contributed by atoms with van der Waals surface area (Å²) in [6.07, 6.45) is 0.601. The molecule has 1 aromatic heterocycles.